The Balaban J connectivity index is 0.000000106. The van der Waals surface area contributed by atoms with Crippen molar-refractivity contribution in [2.24, 2.45) is 0 Å². The molecule has 5 aliphatic rings. The molecule has 5 aromatic heterocycles. The van der Waals surface area contributed by atoms with Gasteiger partial charge in [0.25, 0.3) is 0 Å². The fraction of sp³-hybridized carbons (Fsp3) is 0.165. The quantitative estimate of drug-likeness (QED) is 0.0891. The summed E-state index contributed by atoms with van der Waals surface area (Å²) >= 11 is 0. The maximum Gasteiger partial charge on any atom is 0.202 e. The summed E-state index contributed by atoms with van der Waals surface area (Å²) in [5.41, 5.74) is 38.5. The van der Waals surface area contributed by atoms with E-state index in [1.165, 1.54) is 123 Å². The topological polar surface area (TPSA) is 87.6 Å². The molecule has 0 N–H and O–H groups in total. The summed E-state index contributed by atoms with van der Waals surface area (Å²) < 4.78 is 21.7. The molecule has 11 aromatic carbocycles. The lowest BCUT2D eigenvalue weighted by Crippen LogP contribution is -2.36. The number of hydrogen-bond donors (Lipinski definition) is 0. The lowest BCUT2D eigenvalue weighted by atomic mass is 9.92. The lowest BCUT2D eigenvalue weighted by molar-refractivity contribution is -0.749. The highest BCUT2D eigenvalue weighted by atomic mass is 31.0. The van der Waals surface area contributed by atoms with Gasteiger partial charge in [0.05, 0.1) is 109 Å². The summed E-state index contributed by atoms with van der Waals surface area (Å²) in [6.07, 6.45) is 10.3. The molecule has 0 spiro atoms. The summed E-state index contributed by atoms with van der Waals surface area (Å²) in [6, 6.07) is 43.7. The molecule has 0 bridgehead atoms. The molecule has 560 valence electrons. The molecule has 21 heteroatoms. The molecule has 5 aliphatic heterocycles. The van der Waals surface area contributed by atoms with Crippen LogP contribution in [-0.4, -0.2) is 23.4 Å². The smallest absolute Gasteiger partial charge is 0.202 e. The number of fused-ring (bicyclic) bond motifs is 25. The van der Waals surface area contributed by atoms with E-state index >= 15 is 0 Å². The van der Waals surface area contributed by atoms with E-state index in [0.29, 0.717) is 56.9 Å². The van der Waals surface area contributed by atoms with E-state index in [4.69, 9.17) is 65.7 Å². The van der Waals surface area contributed by atoms with Crippen molar-refractivity contribution in [1.82, 2.24) is 23.4 Å². The van der Waals surface area contributed by atoms with Crippen molar-refractivity contribution in [2.45, 2.75) is 109 Å². The molecule has 0 saturated carbocycles. The number of hydrogen-bond acceptors (Lipinski definition) is 0. The van der Waals surface area contributed by atoms with Crippen LogP contribution in [0, 0.1) is 142 Å². The van der Waals surface area contributed by atoms with Gasteiger partial charge in [-0.3, -0.25) is 48.5 Å². The Kier molecular flexibility index (Phi) is 18.2. The summed E-state index contributed by atoms with van der Waals surface area (Å²) in [7, 11) is 2.72. The Bertz CT molecular complexity index is 7560. The fourth-order valence-corrected chi connectivity index (χ4v) is 18.0. The van der Waals surface area contributed by atoms with Crippen molar-refractivity contribution in [3.63, 3.8) is 0 Å². The van der Waals surface area contributed by atoms with Crippen LogP contribution in [0.15, 0.2) is 164 Å². The average Bonchev–Trinajstić information content (AvgIpc) is 1.59. The van der Waals surface area contributed by atoms with Crippen LogP contribution >= 0.6 is 9.24 Å². The van der Waals surface area contributed by atoms with E-state index in [9.17, 15) is 0 Å². The Morgan fingerprint density at radius 1 is 0.263 bits per heavy atom. The molecule has 1 atom stereocenters. The standard InChI is InChI=1S/C22H13N4.2C20H17N4.C19H15N4.C16H10N4P/c1-23-19-10-18-14-25-13-17-9-8-16(15-6-4-3-5-7-15)11-21(17)26(25)22(18)12-20(19)24-2;2*1-11-12(2)14(4)20-16(13(11)3)10-23-9-15-7-17(21-5)18(22-6)8-19(15)24(20)23;1-11-6-12(2)15-10-22-9-14-7-16(20-4)17(21-5)8-18(14)23(22)19(15)13(11)3;1-17-13-6-11-9-19-8-10-5-12(21)3-4-15(10)20(19)16(11)7-14(13)18-2/h3-12,14H,13H2;2*7-9H,10H2,1-4H3;6-9H,10H2,1-3H3;3-7,9H,8,21H2/q5*+1. The molecule has 20 nitrogen and oxygen atoms in total. The van der Waals surface area contributed by atoms with Crippen LogP contribution in [0.3, 0.4) is 0 Å². The second-order valence-corrected chi connectivity index (χ2v) is 31.2. The number of rotatable bonds is 1. The van der Waals surface area contributed by atoms with Gasteiger partial charge in [-0.1, -0.05) is 78.9 Å². The molecule has 0 aliphatic carbocycles. The van der Waals surface area contributed by atoms with E-state index < -0.39 is 0 Å². The summed E-state index contributed by atoms with van der Waals surface area (Å²) in [5, 5.41) is 6.17. The van der Waals surface area contributed by atoms with Gasteiger partial charge in [-0.05, 0) is 208 Å². The zero-order valence-corrected chi connectivity index (χ0v) is 67.8. The van der Waals surface area contributed by atoms with Gasteiger partial charge in [0.2, 0.25) is 31.0 Å². The van der Waals surface area contributed by atoms with Crippen LogP contribution in [0.2, 0.25) is 0 Å². The van der Waals surface area contributed by atoms with E-state index in [1.807, 2.05) is 79.0 Å². The highest BCUT2D eigenvalue weighted by Gasteiger charge is 2.38. The molecule has 0 saturated heterocycles. The van der Waals surface area contributed by atoms with Crippen LogP contribution in [0.25, 0.3) is 143 Å². The minimum atomic E-state index is 0.404. The highest BCUT2D eigenvalue weighted by molar-refractivity contribution is 7.27. The van der Waals surface area contributed by atoms with Crippen molar-refractivity contribution in [3.8, 4) is 39.6 Å². The fourth-order valence-electron chi connectivity index (χ4n) is 17.7. The van der Waals surface area contributed by atoms with Crippen LogP contribution in [0.4, 0.5) is 56.9 Å². The molecule has 0 radical (unpaired) electrons. The van der Waals surface area contributed by atoms with Gasteiger partial charge in [0.1, 0.15) is 56.0 Å². The van der Waals surface area contributed by atoms with Crippen LogP contribution in [0.5, 0.6) is 0 Å². The molecule has 1 unspecified atom stereocenters. The molecule has 0 amide bonds. The summed E-state index contributed by atoms with van der Waals surface area (Å²) in [4.78, 5) is 35.0. The SMILES string of the molecule is [C-]#[N+]c1cc2c[n+]3n(c2cc1[N+]#[C-])-c1c(C)c(C)c(C)c(C)c1C3.[C-]#[N+]c1cc2c[n+]3n(c2cc1[N+]#[C-])-c1c(C)c(C)c(C)c(C)c1C3.[C-]#[N+]c1cc2c[n+]3n(c2cc1[N+]#[C-])-c1c(C)c(C)cc(C)c1C3.[C-]#[N+]c1cc2c[n+]3n(c2cc1[N+]#[C-])-c1cc(-c2ccccc2)ccc1C3.[C-]#[N+]c1cc2c[n+]3n(c2cc1[N+]#[C-])-c1ccc(P)cc1C3. The first-order valence-corrected chi connectivity index (χ1v) is 38.6. The zero-order valence-electron chi connectivity index (χ0n) is 66.6. The van der Waals surface area contributed by atoms with Gasteiger partial charge in [-0.25, -0.2) is 0 Å². The van der Waals surface area contributed by atoms with Crippen molar-refractivity contribution in [2.75, 3.05) is 0 Å². The van der Waals surface area contributed by atoms with Gasteiger partial charge in [0, 0.05) is 11.1 Å². The maximum absolute atomic E-state index is 7.37. The Labute approximate surface area is 684 Å². The Hall–Kier alpha value is -15.9. The van der Waals surface area contributed by atoms with E-state index in [0.717, 1.165) is 98.6 Å². The molecule has 118 heavy (non-hydrogen) atoms. The minimum absolute atomic E-state index is 0.404. The lowest BCUT2D eigenvalue weighted by Gasteiger charge is -2.13. The molecule has 10 heterocycles. The van der Waals surface area contributed by atoms with Gasteiger partial charge < -0.3 is 0 Å². The van der Waals surface area contributed by atoms with Crippen molar-refractivity contribution in [3.05, 3.63) is 368 Å². The van der Waals surface area contributed by atoms with Crippen LogP contribution in [-0.2, 0) is 32.7 Å². The molecular weight excluding hydrogens is 1480 g/mol. The van der Waals surface area contributed by atoms with E-state index in [-0.39, 0.29) is 0 Å². The normalized spacial score (nSPS) is 11.8. The zero-order chi connectivity index (χ0) is 82.9. The molecular formula is C97H72N20P+5. The van der Waals surface area contributed by atoms with Crippen molar-refractivity contribution >= 4 is 126 Å². The predicted octanol–water partition coefficient (Wildman–Crippen LogP) is 21.5. The number of benzene rings is 11. The Morgan fingerprint density at radius 3 is 0.966 bits per heavy atom. The van der Waals surface area contributed by atoms with Crippen molar-refractivity contribution < 1.29 is 23.4 Å². The second-order valence-electron chi connectivity index (χ2n) is 30.5. The minimum Gasteiger partial charge on any atom is -0.250 e. The second kappa shape index (κ2) is 28.6. The third kappa shape index (κ3) is 11.7. The number of aromatic nitrogens is 10. The first kappa shape index (κ1) is 74.8. The Morgan fingerprint density at radius 2 is 0.585 bits per heavy atom. The molecule has 21 rings (SSSR count). The molecule has 0 fully saturated rings. The third-order valence-corrected chi connectivity index (χ3v) is 24.8. The molecule has 16 aromatic rings. The maximum atomic E-state index is 7.37. The monoisotopic (exact) mass is 1550 g/mol. The van der Waals surface area contributed by atoms with Gasteiger partial charge >= 0.3 is 0 Å². The van der Waals surface area contributed by atoms with Crippen LogP contribution in [0.1, 0.15) is 89.0 Å². The van der Waals surface area contributed by atoms with Gasteiger partial charge in [-0.2, -0.15) is 0 Å². The van der Waals surface area contributed by atoms with E-state index in [1.54, 1.807) is 6.07 Å². The number of nitrogens with zero attached hydrogens (tertiary/aromatic N) is 20. The largest absolute Gasteiger partial charge is 0.250 e. The van der Waals surface area contributed by atoms with Gasteiger partial charge in [0.15, 0.2) is 89.6 Å². The number of aryl methyl sites for hydroxylation is 2. The highest BCUT2D eigenvalue weighted by Crippen LogP contribution is 2.44. The predicted molar refractivity (Wildman–Crippen MR) is 462 cm³/mol. The van der Waals surface area contributed by atoms with Crippen LogP contribution < -0.4 is 28.7 Å². The summed E-state index contributed by atoms with van der Waals surface area (Å²) in [6.45, 7) is 101. The first-order valence-electron chi connectivity index (χ1n) is 38.1. The van der Waals surface area contributed by atoms with E-state index in [2.05, 4.69) is 260 Å². The third-order valence-electron chi connectivity index (χ3n) is 24.4. The average molecular weight is 1550 g/mol. The van der Waals surface area contributed by atoms with Gasteiger partial charge in [-0.15, -0.1) is 56.1 Å². The van der Waals surface area contributed by atoms with Crippen molar-refractivity contribution in [1.29, 1.82) is 0 Å². The first-order chi connectivity index (χ1) is 57.0. The summed E-state index contributed by atoms with van der Waals surface area (Å²) in [5.74, 6) is 0.